The molecule has 0 saturated heterocycles. The van der Waals surface area contributed by atoms with Gasteiger partial charge in [0.1, 0.15) is 17.1 Å². The minimum Gasteiger partial charge on any atom is -0.506 e. The molecule has 0 amide bonds. The second-order valence-corrected chi connectivity index (χ2v) is 8.21. The summed E-state index contributed by atoms with van der Waals surface area (Å²) in [6.07, 6.45) is 4.41. The molecule has 0 aliphatic heterocycles. The van der Waals surface area contributed by atoms with Crippen molar-refractivity contribution in [1.82, 2.24) is 0 Å². The van der Waals surface area contributed by atoms with Gasteiger partial charge in [0.25, 0.3) is 0 Å². The monoisotopic (exact) mass is 497 g/mol. The van der Waals surface area contributed by atoms with Gasteiger partial charge in [-0.1, -0.05) is 15.9 Å². The maximum atomic E-state index is 10.6. The number of nitrogens with one attached hydrogen (secondary N) is 1. The van der Waals surface area contributed by atoms with E-state index in [1.807, 2.05) is 30.3 Å². The Balaban J connectivity index is 1.76. The maximum absolute atomic E-state index is 10.6. The van der Waals surface area contributed by atoms with Crippen molar-refractivity contribution in [2.45, 2.75) is 32.2 Å². The molecule has 0 fully saturated rings. The van der Waals surface area contributed by atoms with Gasteiger partial charge in [0.2, 0.25) is 0 Å². The molecule has 0 saturated carbocycles. The van der Waals surface area contributed by atoms with Crippen molar-refractivity contribution >= 4 is 55.2 Å². The molecule has 2 aromatic carbocycles. The molecule has 1 aliphatic rings. The summed E-state index contributed by atoms with van der Waals surface area (Å²) < 4.78 is 7.97. The predicted molar refractivity (Wildman–Crippen MR) is 109 cm³/mol. The zero-order valence-electron chi connectivity index (χ0n) is 13.0. The fourth-order valence-electron chi connectivity index (χ4n) is 3.40. The molecular formula is C19H17BrINO2. The van der Waals surface area contributed by atoms with Crippen LogP contribution in [-0.2, 0) is 19.4 Å². The van der Waals surface area contributed by atoms with Crippen molar-refractivity contribution in [2.75, 3.05) is 5.32 Å². The number of halogens is 2. The summed E-state index contributed by atoms with van der Waals surface area (Å²) in [6, 6.07) is 10.0. The molecule has 0 radical (unpaired) electrons. The van der Waals surface area contributed by atoms with E-state index in [9.17, 15) is 5.11 Å². The van der Waals surface area contributed by atoms with E-state index in [1.165, 1.54) is 18.4 Å². The molecule has 1 aromatic heterocycles. The minimum atomic E-state index is 0.363. The van der Waals surface area contributed by atoms with Crippen molar-refractivity contribution in [2.24, 2.45) is 0 Å². The van der Waals surface area contributed by atoms with Crippen LogP contribution in [0.25, 0.3) is 11.0 Å². The summed E-state index contributed by atoms with van der Waals surface area (Å²) in [4.78, 5) is 0. The van der Waals surface area contributed by atoms with Crippen molar-refractivity contribution in [1.29, 1.82) is 0 Å². The van der Waals surface area contributed by atoms with Crippen LogP contribution in [0.4, 0.5) is 5.69 Å². The Morgan fingerprint density at radius 3 is 2.71 bits per heavy atom. The van der Waals surface area contributed by atoms with Crippen molar-refractivity contribution in [3.63, 3.8) is 0 Å². The van der Waals surface area contributed by atoms with E-state index in [-0.39, 0.29) is 0 Å². The zero-order valence-corrected chi connectivity index (χ0v) is 16.8. The van der Waals surface area contributed by atoms with Crippen LogP contribution in [0.3, 0.4) is 0 Å². The molecule has 0 spiro atoms. The number of anilines is 1. The number of rotatable bonds is 3. The lowest BCUT2D eigenvalue weighted by Crippen LogP contribution is -2.04. The van der Waals surface area contributed by atoms with Gasteiger partial charge in [-0.3, -0.25) is 0 Å². The van der Waals surface area contributed by atoms with Crippen LogP contribution in [0.15, 0.2) is 39.2 Å². The van der Waals surface area contributed by atoms with Crippen LogP contribution in [-0.4, -0.2) is 5.11 Å². The minimum absolute atomic E-state index is 0.363. The quantitative estimate of drug-likeness (QED) is 0.436. The topological polar surface area (TPSA) is 45.4 Å². The second-order valence-electron chi connectivity index (χ2n) is 6.13. The number of hydrogen-bond donors (Lipinski definition) is 2. The summed E-state index contributed by atoms with van der Waals surface area (Å²) in [7, 11) is 0. The fraction of sp³-hybridized carbons (Fsp3) is 0.263. The number of hydrogen-bond acceptors (Lipinski definition) is 3. The van der Waals surface area contributed by atoms with Gasteiger partial charge < -0.3 is 14.8 Å². The number of furan rings is 1. The van der Waals surface area contributed by atoms with Crippen molar-refractivity contribution in [3.05, 3.63) is 55.3 Å². The number of fused-ring (bicyclic) bond motifs is 3. The van der Waals surface area contributed by atoms with Crippen molar-refractivity contribution in [3.8, 4) is 5.75 Å². The van der Waals surface area contributed by atoms with E-state index in [4.69, 9.17) is 4.42 Å². The highest BCUT2D eigenvalue weighted by Gasteiger charge is 2.23. The Bertz CT molecular complexity index is 902. The largest absolute Gasteiger partial charge is 0.506 e. The molecule has 1 aliphatic carbocycles. The van der Waals surface area contributed by atoms with E-state index in [2.05, 4.69) is 43.8 Å². The molecule has 2 N–H and O–H groups in total. The highest BCUT2D eigenvalue weighted by atomic mass is 127. The Kier molecular flexibility index (Phi) is 4.47. The Hall–Kier alpha value is -1.21. The molecule has 3 nitrogen and oxygen atoms in total. The molecule has 0 atom stereocenters. The van der Waals surface area contributed by atoms with Crippen LogP contribution in [0.1, 0.15) is 29.7 Å². The number of phenols is 1. The van der Waals surface area contributed by atoms with E-state index in [0.29, 0.717) is 12.3 Å². The molecule has 5 heteroatoms. The van der Waals surface area contributed by atoms with Crippen molar-refractivity contribution < 1.29 is 9.52 Å². The third kappa shape index (κ3) is 2.92. The summed E-state index contributed by atoms with van der Waals surface area (Å²) >= 11 is 5.62. The third-order valence-corrected chi connectivity index (χ3v) is 5.93. The lowest BCUT2D eigenvalue weighted by Gasteiger charge is -2.13. The lowest BCUT2D eigenvalue weighted by molar-refractivity contribution is 0.465. The highest BCUT2D eigenvalue weighted by molar-refractivity contribution is 14.1. The smallest absolute Gasteiger partial charge is 0.136 e. The molecular weight excluding hydrogens is 481 g/mol. The Morgan fingerprint density at radius 1 is 1.17 bits per heavy atom. The van der Waals surface area contributed by atoms with Crippen LogP contribution in [0.2, 0.25) is 0 Å². The maximum Gasteiger partial charge on any atom is 0.136 e. The Labute approximate surface area is 162 Å². The molecule has 24 heavy (non-hydrogen) atoms. The average molecular weight is 498 g/mol. The van der Waals surface area contributed by atoms with Crippen LogP contribution < -0.4 is 5.32 Å². The normalized spacial score (nSPS) is 13.9. The summed E-state index contributed by atoms with van der Waals surface area (Å²) in [5.74, 6) is 1.46. The van der Waals surface area contributed by atoms with Gasteiger partial charge in [0, 0.05) is 39.6 Å². The number of aromatic hydroxyl groups is 1. The SMILES string of the molecule is Oc1c(I)cc2oc3c(c2c1CNc1ccc(Br)cc1)CCCC3. The van der Waals surface area contributed by atoms with Gasteiger partial charge >= 0.3 is 0 Å². The molecule has 0 unspecified atom stereocenters. The molecule has 1 heterocycles. The van der Waals surface area contributed by atoms with E-state index in [0.717, 1.165) is 48.9 Å². The van der Waals surface area contributed by atoms with E-state index >= 15 is 0 Å². The van der Waals surface area contributed by atoms with Gasteiger partial charge in [0.15, 0.2) is 0 Å². The van der Waals surface area contributed by atoms with Gasteiger partial charge in [-0.15, -0.1) is 0 Å². The van der Waals surface area contributed by atoms with E-state index < -0.39 is 0 Å². The molecule has 3 aromatic rings. The lowest BCUT2D eigenvalue weighted by atomic mass is 9.93. The standard InChI is InChI=1S/C19H17BrINO2/c20-11-5-7-12(8-6-11)22-10-14-18-13-3-1-2-4-16(13)24-17(18)9-15(21)19(14)23/h5-9,22-23H,1-4,10H2. The summed E-state index contributed by atoms with van der Waals surface area (Å²) in [5, 5.41) is 15.2. The van der Waals surface area contributed by atoms with Crippen LogP contribution >= 0.6 is 38.5 Å². The number of benzene rings is 2. The van der Waals surface area contributed by atoms with Gasteiger partial charge in [-0.2, -0.15) is 0 Å². The molecule has 4 rings (SSSR count). The van der Waals surface area contributed by atoms with E-state index in [1.54, 1.807) is 0 Å². The first kappa shape index (κ1) is 16.3. The first-order valence-electron chi connectivity index (χ1n) is 8.07. The molecule has 124 valence electrons. The van der Waals surface area contributed by atoms with Gasteiger partial charge in [0.05, 0.1) is 3.57 Å². The van der Waals surface area contributed by atoms with Gasteiger partial charge in [-0.25, -0.2) is 0 Å². The third-order valence-electron chi connectivity index (χ3n) is 4.58. The molecule has 0 bridgehead atoms. The first-order valence-corrected chi connectivity index (χ1v) is 9.94. The zero-order chi connectivity index (χ0) is 16.7. The highest BCUT2D eigenvalue weighted by Crippen LogP contribution is 2.40. The summed E-state index contributed by atoms with van der Waals surface area (Å²) in [6.45, 7) is 0.576. The summed E-state index contributed by atoms with van der Waals surface area (Å²) in [5.41, 5.74) is 4.15. The van der Waals surface area contributed by atoms with Crippen LogP contribution in [0.5, 0.6) is 5.75 Å². The Morgan fingerprint density at radius 2 is 1.92 bits per heavy atom. The fourth-order valence-corrected chi connectivity index (χ4v) is 4.27. The first-order chi connectivity index (χ1) is 11.6. The number of aryl methyl sites for hydroxylation is 2. The average Bonchev–Trinajstić information content (AvgIpc) is 2.95. The van der Waals surface area contributed by atoms with Crippen LogP contribution in [0, 0.1) is 3.57 Å². The predicted octanol–water partition coefficient (Wildman–Crippen LogP) is 6.00. The number of phenolic OH excluding ortho intramolecular Hbond substituents is 1. The second kappa shape index (κ2) is 6.59. The van der Waals surface area contributed by atoms with Gasteiger partial charge in [-0.05, 0) is 72.2 Å².